The fourth-order valence-electron chi connectivity index (χ4n) is 4.23. The zero-order valence-corrected chi connectivity index (χ0v) is 18.8. The lowest BCUT2D eigenvalue weighted by molar-refractivity contribution is -0.146. The first-order valence-electron chi connectivity index (χ1n) is 11.0. The Kier molecular flexibility index (Phi) is 8.41. The summed E-state index contributed by atoms with van der Waals surface area (Å²) in [5.74, 6) is -0.884. The number of fused-ring (bicyclic) bond motifs is 1. The molecule has 2 aliphatic heterocycles. The molecule has 0 aliphatic carbocycles. The molecule has 0 spiro atoms. The van der Waals surface area contributed by atoms with E-state index in [-0.39, 0.29) is 36.0 Å². The molecule has 5 atom stereocenters. The molecule has 8 nitrogen and oxygen atoms in total. The minimum absolute atomic E-state index is 0.0717. The quantitative estimate of drug-likeness (QED) is 0.590. The maximum Gasteiger partial charge on any atom is 0.249 e. The predicted octanol–water partition coefficient (Wildman–Crippen LogP) is 1.32. The van der Waals surface area contributed by atoms with Gasteiger partial charge in [-0.1, -0.05) is 13.8 Å². The van der Waals surface area contributed by atoms with Crippen LogP contribution in [0.2, 0.25) is 0 Å². The summed E-state index contributed by atoms with van der Waals surface area (Å²) in [6.45, 7) is 10.2. The number of hydrogen-bond donors (Lipinski definition) is 3. The van der Waals surface area contributed by atoms with E-state index < -0.39 is 29.7 Å². The zero-order valence-electron chi connectivity index (χ0n) is 18.8. The maximum absolute atomic E-state index is 13.0. The van der Waals surface area contributed by atoms with E-state index in [4.69, 9.17) is 4.74 Å². The first-order chi connectivity index (χ1) is 14.0. The van der Waals surface area contributed by atoms with Crippen LogP contribution in [0.5, 0.6) is 0 Å². The van der Waals surface area contributed by atoms with Crippen LogP contribution < -0.4 is 16.0 Å². The maximum atomic E-state index is 13.0. The molecule has 0 aromatic heterocycles. The van der Waals surface area contributed by atoms with Crippen molar-refractivity contribution in [3.05, 3.63) is 0 Å². The molecular weight excluding hydrogens is 386 g/mol. The number of hydrogen-bond acceptors (Lipinski definition) is 5. The van der Waals surface area contributed by atoms with E-state index in [9.17, 15) is 19.2 Å². The molecule has 0 aromatic rings. The monoisotopic (exact) mass is 423 g/mol. The highest BCUT2D eigenvalue weighted by molar-refractivity contribution is 5.90. The first-order valence-corrected chi connectivity index (χ1v) is 11.0. The summed E-state index contributed by atoms with van der Waals surface area (Å²) in [7, 11) is 0. The van der Waals surface area contributed by atoms with Gasteiger partial charge in [0.2, 0.25) is 17.7 Å². The Balaban J connectivity index is 2.29. The molecular formula is C22H37N3O5. The molecule has 30 heavy (non-hydrogen) atoms. The topological polar surface area (TPSA) is 114 Å². The van der Waals surface area contributed by atoms with Crippen molar-refractivity contribution < 1.29 is 23.9 Å². The van der Waals surface area contributed by atoms with Crippen molar-refractivity contribution in [3.8, 4) is 0 Å². The van der Waals surface area contributed by atoms with Crippen LogP contribution in [-0.2, 0) is 23.9 Å². The fraction of sp³-hybridized carbons (Fsp3) is 0.818. The highest BCUT2D eigenvalue weighted by Gasteiger charge is 2.38. The summed E-state index contributed by atoms with van der Waals surface area (Å²) in [4.78, 5) is 49.9. The van der Waals surface area contributed by atoms with Crippen LogP contribution in [0, 0.1) is 17.8 Å². The lowest BCUT2D eigenvalue weighted by Crippen LogP contribution is -2.53. The van der Waals surface area contributed by atoms with Crippen molar-refractivity contribution in [1.29, 1.82) is 0 Å². The third-order valence-electron chi connectivity index (χ3n) is 5.61. The molecule has 2 heterocycles. The molecule has 0 bridgehead atoms. The van der Waals surface area contributed by atoms with Crippen LogP contribution in [0.3, 0.4) is 0 Å². The van der Waals surface area contributed by atoms with Gasteiger partial charge in [0.1, 0.15) is 18.4 Å². The van der Waals surface area contributed by atoms with Gasteiger partial charge in [-0.15, -0.1) is 0 Å². The molecule has 2 saturated heterocycles. The van der Waals surface area contributed by atoms with Crippen molar-refractivity contribution in [2.24, 2.45) is 17.8 Å². The van der Waals surface area contributed by atoms with Gasteiger partial charge in [0, 0.05) is 12.5 Å². The second-order valence-corrected chi connectivity index (χ2v) is 9.94. The Bertz CT molecular complexity index is 643. The Morgan fingerprint density at radius 3 is 2.37 bits per heavy atom. The van der Waals surface area contributed by atoms with Crippen molar-refractivity contribution in [2.75, 3.05) is 6.54 Å². The first kappa shape index (κ1) is 24.3. The minimum Gasteiger partial charge on any atom is -0.363 e. The SMILES string of the molecule is CC(C)C[C@@H]1NC(=O)[C@@H](OC(C)(C)C)CCC[C@H]2CNC(=O)[C@@H]2C[C@@H](C=O)NC1=O. The third kappa shape index (κ3) is 7.07. The Labute approximate surface area is 179 Å². The fourth-order valence-corrected chi connectivity index (χ4v) is 4.23. The van der Waals surface area contributed by atoms with Gasteiger partial charge in [0.15, 0.2) is 0 Å². The molecule has 2 rings (SSSR count). The number of carbonyl (C=O) groups excluding carboxylic acids is 4. The molecule has 2 fully saturated rings. The lowest BCUT2D eigenvalue weighted by atomic mass is 9.85. The van der Waals surface area contributed by atoms with E-state index in [2.05, 4.69) is 16.0 Å². The molecule has 0 radical (unpaired) electrons. The van der Waals surface area contributed by atoms with Gasteiger partial charge < -0.3 is 25.5 Å². The minimum atomic E-state index is -0.764. The standard InChI is InChI=1S/C22H37N3O5/c1-13(2)9-17-20(28)24-15(12-26)10-16-14(11-23-19(16)27)7-6-8-18(21(29)25-17)30-22(3,4)5/h12-18H,6-11H2,1-5H3,(H,23,27)(H,24,28)(H,25,29)/t14-,15-,16+,17-,18-/m0/s1. The highest BCUT2D eigenvalue weighted by atomic mass is 16.5. The van der Waals surface area contributed by atoms with E-state index >= 15 is 0 Å². The van der Waals surface area contributed by atoms with Gasteiger partial charge in [-0.2, -0.15) is 0 Å². The number of carbonyl (C=O) groups is 4. The second kappa shape index (κ2) is 10.4. The van der Waals surface area contributed by atoms with E-state index in [0.717, 1.165) is 6.42 Å². The number of rotatable bonds is 4. The van der Waals surface area contributed by atoms with Crippen LogP contribution in [0.1, 0.15) is 66.7 Å². The zero-order chi connectivity index (χ0) is 22.5. The number of aldehydes is 1. The predicted molar refractivity (Wildman–Crippen MR) is 112 cm³/mol. The van der Waals surface area contributed by atoms with E-state index in [1.165, 1.54) is 0 Å². The summed E-state index contributed by atoms with van der Waals surface area (Å²) in [6.07, 6.45) is 2.68. The third-order valence-corrected chi connectivity index (χ3v) is 5.61. The molecule has 0 aromatic carbocycles. The van der Waals surface area contributed by atoms with Crippen LogP contribution in [0.15, 0.2) is 0 Å². The highest BCUT2D eigenvalue weighted by Crippen LogP contribution is 2.28. The molecule has 3 amide bonds. The van der Waals surface area contributed by atoms with Crippen LogP contribution in [-0.4, -0.2) is 54.3 Å². The van der Waals surface area contributed by atoms with Crippen LogP contribution in [0.4, 0.5) is 0 Å². The summed E-state index contributed by atoms with van der Waals surface area (Å²) >= 11 is 0. The van der Waals surface area contributed by atoms with Crippen LogP contribution >= 0.6 is 0 Å². The van der Waals surface area contributed by atoms with E-state index in [1.807, 2.05) is 34.6 Å². The van der Waals surface area contributed by atoms with Crippen molar-refractivity contribution in [2.45, 2.75) is 90.5 Å². The average molecular weight is 424 g/mol. The molecule has 8 heteroatoms. The normalized spacial score (nSPS) is 31.5. The van der Waals surface area contributed by atoms with Gasteiger partial charge in [-0.05, 0) is 64.7 Å². The summed E-state index contributed by atoms with van der Waals surface area (Å²) in [6, 6.07) is -1.53. The second-order valence-electron chi connectivity index (χ2n) is 9.94. The molecule has 170 valence electrons. The van der Waals surface area contributed by atoms with Crippen LogP contribution in [0.25, 0.3) is 0 Å². The van der Waals surface area contributed by atoms with Gasteiger partial charge in [-0.25, -0.2) is 0 Å². The molecule has 0 saturated carbocycles. The average Bonchev–Trinajstić information content (AvgIpc) is 2.97. The summed E-state index contributed by atoms with van der Waals surface area (Å²) < 4.78 is 6.01. The van der Waals surface area contributed by atoms with Gasteiger partial charge in [-0.3, -0.25) is 14.4 Å². The Hall–Kier alpha value is -1.96. The summed E-state index contributed by atoms with van der Waals surface area (Å²) in [5, 5.41) is 8.45. The van der Waals surface area contributed by atoms with E-state index in [0.29, 0.717) is 32.1 Å². The number of ether oxygens (including phenoxy) is 1. The number of amides is 3. The largest absolute Gasteiger partial charge is 0.363 e. The van der Waals surface area contributed by atoms with E-state index in [1.54, 1.807) is 0 Å². The summed E-state index contributed by atoms with van der Waals surface area (Å²) in [5.41, 5.74) is -0.512. The van der Waals surface area contributed by atoms with Gasteiger partial charge in [0.25, 0.3) is 0 Å². The van der Waals surface area contributed by atoms with Crippen molar-refractivity contribution in [3.63, 3.8) is 0 Å². The Morgan fingerprint density at radius 2 is 1.77 bits per heavy atom. The van der Waals surface area contributed by atoms with Crippen molar-refractivity contribution in [1.82, 2.24) is 16.0 Å². The Morgan fingerprint density at radius 1 is 1.07 bits per heavy atom. The molecule has 3 N–H and O–H groups in total. The van der Waals surface area contributed by atoms with Crippen molar-refractivity contribution >= 4 is 24.0 Å². The smallest absolute Gasteiger partial charge is 0.249 e. The molecule has 2 aliphatic rings. The molecule has 0 unspecified atom stereocenters. The van der Waals surface area contributed by atoms with Gasteiger partial charge >= 0.3 is 0 Å². The van der Waals surface area contributed by atoms with Gasteiger partial charge in [0.05, 0.1) is 11.6 Å². The number of nitrogens with one attached hydrogen (secondary N) is 3. The lowest BCUT2D eigenvalue weighted by Gasteiger charge is -2.29.